The van der Waals surface area contributed by atoms with Crippen LogP contribution in [0.4, 0.5) is 13.2 Å². The Morgan fingerprint density at radius 1 is 1.26 bits per heavy atom. The van der Waals surface area contributed by atoms with Crippen LogP contribution in [0, 0.1) is 0 Å². The van der Waals surface area contributed by atoms with Crippen molar-refractivity contribution < 1.29 is 32.2 Å². The van der Waals surface area contributed by atoms with Crippen molar-refractivity contribution in [2.45, 2.75) is 19.7 Å². The number of rotatable bonds is 5. The molecule has 1 aromatic rings. The van der Waals surface area contributed by atoms with Gasteiger partial charge in [0.2, 0.25) is 0 Å². The minimum Gasteiger partial charge on any atom is -0.466 e. The molecule has 0 aromatic heterocycles. The van der Waals surface area contributed by atoms with Crippen molar-refractivity contribution in [1.82, 2.24) is 0 Å². The molecule has 0 spiro atoms. The zero-order valence-corrected chi connectivity index (χ0v) is 9.99. The second-order valence-corrected chi connectivity index (χ2v) is 3.48. The lowest BCUT2D eigenvalue weighted by atomic mass is 10.1. The van der Waals surface area contributed by atoms with Gasteiger partial charge in [-0.2, -0.15) is 0 Å². The standard InChI is InChI=1S/C12H11F3O4/c1-2-18-11(17)7-10(16)8-4-3-5-9(6-8)19-12(13,14)15/h3-6H,2,7H2,1H3. The van der Waals surface area contributed by atoms with Crippen molar-refractivity contribution in [3.8, 4) is 5.75 Å². The van der Waals surface area contributed by atoms with Gasteiger partial charge in [-0.15, -0.1) is 13.2 Å². The van der Waals surface area contributed by atoms with Gasteiger partial charge in [0, 0.05) is 5.56 Å². The third-order valence-corrected chi connectivity index (χ3v) is 2.00. The molecule has 0 unspecified atom stereocenters. The van der Waals surface area contributed by atoms with E-state index in [0.29, 0.717) is 0 Å². The molecule has 0 bridgehead atoms. The van der Waals surface area contributed by atoms with E-state index in [9.17, 15) is 22.8 Å². The van der Waals surface area contributed by atoms with Gasteiger partial charge in [0.1, 0.15) is 12.2 Å². The highest BCUT2D eigenvalue weighted by molar-refractivity contribution is 6.06. The molecule has 0 atom stereocenters. The molecule has 7 heteroatoms. The van der Waals surface area contributed by atoms with E-state index < -0.39 is 30.3 Å². The maximum atomic E-state index is 12.0. The second-order valence-electron chi connectivity index (χ2n) is 3.48. The Labute approximate surface area is 107 Å². The number of ether oxygens (including phenoxy) is 2. The molecule has 0 radical (unpaired) electrons. The smallest absolute Gasteiger partial charge is 0.466 e. The SMILES string of the molecule is CCOC(=O)CC(=O)c1cccc(OC(F)(F)F)c1. The molecule has 0 aliphatic heterocycles. The first-order valence-electron chi connectivity index (χ1n) is 5.36. The quantitative estimate of drug-likeness (QED) is 0.471. The van der Waals surface area contributed by atoms with Crippen LogP contribution in [0.15, 0.2) is 24.3 Å². The zero-order chi connectivity index (χ0) is 14.5. The van der Waals surface area contributed by atoms with Gasteiger partial charge in [0.05, 0.1) is 6.61 Å². The van der Waals surface area contributed by atoms with Crippen molar-refractivity contribution in [3.05, 3.63) is 29.8 Å². The monoisotopic (exact) mass is 276 g/mol. The Balaban J connectivity index is 2.76. The Bertz CT molecular complexity index is 468. The lowest BCUT2D eigenvalue weighted by Gasteiger charge is -2.09. The third kappa shape index (κ3) is 5.41. The summed E-state index contributed by atoms with van der Waals surface area (Å²) >= 11 is 0. The number of benzene rings is 1. The number of alkyl halides is 3. The molecule has 0 N–H and O–H groups in total. The molecule has 0 aliphatic carbocycles. The number of ketones is 1. The summed E-state index contributed by atoms with van der Waals surface area (Å²) in [6.45, 7) is 1.71. The number of Topliss-reactive ketones (excluding diaryl/α,β-unsaturated/α-hetero) is 1. The van der Waals surface area contributed by atoms with Gasteiger partial charge in [-0.1, -0.05) is 12.1 Å². The highest BCUT2D eigenvalue weighted by Gasteiger charge is 2.31. The zero-order valence-electron chi connectivity index (χ0n) is 9.99. The fourth-order valence-corrected chi connectivity index (χ4v) is 1.31. The Morgan fingerprint density at radius 3 is 2.53 bits per heavy atom. The summed E-state index contributed by atoms with van der Waals surface area (Å²) in [5, 5.41) is 0. The van der Waals surface area contributed by atoms with E-state index in [1.807, 2.05) is 0 Å². The molecule has 0 heterocycles. The Hall–Kier alpha value is -2.05. The van der Waals surface area contributed by atoms with Crippen LogP contribution in [0.3, 0.4) is 0 Å². The average Bonchev–Trinajstić information content (AvgIpc) is 2.27. The van der Waals surface area contributed by atoms with Gasteiger partial charge in [-0.25, -0.2) is 0 Å². The summed E-state index contributed by atoms with van der Waals surface area (Å²) in [6.07, 6.45) is -5.36. The van der Waals surface area contributed by atoms with Crippen LogP contribution in [0.25, 0.3) is 0 Å². The first-order chi connectivity index (χ1) is 8.81. The number of esters is 1. The largest absolute Gasteiger partial charge is 0.573 e. The van der Waals surface area contributed by atoms with E-state index in [2.05, 4.69) is 9.47 Å². The van der Waals surface area contributed by atoms with Gasteiger partial charge in [0.25, 0.3) is 0 Å². The normalized spacial score (nSPS) is 10.9. The van der Waals surface area contributed by atoms with Crippen LogP contribution in [0.1, 0.15) is 23.7 Å². The second kappa shape index (κ2) is 6.21. The molecule has 0 saturated carbocycles. The molecule has 0 fully saturated rings. The molecule has 1 rings (SSSR count). The molecular formula is C12H11F3O4. The van der Waals surface area contributed by atoms with Gasteiger partial charge in [0.15, 0.2) is 5.78 Å². The summed E-state index contributed by atoms with van der Waals surface area (Å²) in [4.78, 5) is 22.7. The van der Waals surface area contributed by atoms with E-state index in [4.69, 9.17) is 0 Å². The van der Waals surface area contributed by atoms with Gasteiger partial charge in [-0.05, 0) is 19.1 Å². The number of halogens is 3. The van der Waals surface area contributed by atoms with Gasteiger partial charge in [-0.3, -0.25) is 9.59 Å². The molecular weight excluding hydrogens is 265 g/mol. The van der Waals surface area contributed by atoms with E-state index in [0.717, 1.165) is 12.1 Å². The van der Waals surface area contributed by atoms with Crippen LogP contribution in [0.2, 0.25) is 0 Å². The van der Waals surface area contributed by atoms with E-state index >= 15 is 0 Å². The molecule has 1 aromatic carbocycles. The van der Waals surface area contributed by atoms with Crippen molar-refractivity contribution >= 4 is 11.8 Å². The van der Waals surface area contributed by atoms with E-state index in [-0.39, 0.29) is 12.2 Å². The molecule has 104 valence electrons. The van der Waals surface area contributed by atoms with Crippen LogP contribution in [-0.4, -0.2) is 24.7 Å². The first-order valence-corrected chi connectivity index (χ1v) is 5.36. The lowest BCUT2D eigenvalue weighted by molar-refractivity contribution is -0.274. The van der Waals surface area contributed by atoms with E-state index in [1.165, 1.54) is 12.1 Å². The number of carbonyl (C=O) groups is 2. The van der Waals surface area contributed by atoms with Crippen LogP contribution in [-0.2, 0) is 9.53 Å². The summed E-state index contributed by atoms with van der Waals surface area (Å²) in [5.74, 6) is -1.87. The fraction of sp³-hybridized carbons (Fsp3) is 0.333. The molecule has 0 saturated heterocycles. The van der Waals surface area contributed by atoms with Crippen LogP contribution in [0.5, 0.6) is 5.75 Å². The first kappa shape index (κ1) is 15.0. The summed E-state index contributed by atoms with van der Waals surface area (Å²) in [7, 11) is 0. The molecule has 4 nitrogen and oxygen atoms in total. The van der Waals surface area contributed by atoms with Crippen molar-refractivity contribution in [3.63, 3.8) is 0 Å². The van der Waals surface area contributed by atoms with E-state index in [1.54, 1.807) is 6.92 Å². The molecule has 0 amide bonds. The highest BCUT2D eigenvalue weighted by atomic mass is 19.4. The maximum Gasteiger partial charge on any atom is 0.573 e. The maximum absolute atomic E-state index is 12.0. The van der Waals surface area contributed by atoms with Crippen molar-refractivity contribution in [1.29, 1.82) is 0 Å². The van der Waals surface area contributed by atoms with Gasteiger partial charge < -0.3 is 9.47 Å². The highest BCUT2D eigenvalue weighted by Crippen LogP contribution is 2.23. The number of carbonyl (C=O) groups excluding carboxylic acids is 2. The van der Waals surface area contributed by atoms with Crippen LogP contribution < -0.4 is 4.74 Å². The summed E-state index contributed by atoms with van der Waals surface area (Å²) < 4.78 is 44.3. The number of hydrogen-bond acceptors (Lipinski definition) is 4. The van der Waals surface area contributed by atoms with Crippen molar-refractivity contribution in [2.24, 2.45) is 0 Å². The van der Waals surface area contributed by atoms with Crippen LogP contribution >= 0.6 is 0 Å². The Kier molecular flexibility index (Phi) is 4.91. The minimum absolute atomic E-state index is 0.0465. The predicted molar refractivity (Wildman–Crippen MR) is 58.7 cm³/mol. The predicted octanol–water partition coefficient (Wildman–Crippen LogP) is 2.72. The van der Waals surface area contributed by atoms with Gasteiger partial charge >= 0.3 is 12.3 Å². The number of hydrogen-bond donors (Lipinski definition) is 0. The Morgan fingerprint density at radius 2 is 1.95 bits per heavy atom. The topological polar surface area (TPSA) is 52.6 Å². The third-order valence-electron chi connectivity index (χ3n) is 2.00. The summed E-state index contributed by atoms with van der Waals surface area (Å²) in [6, 6.07) is 4.52. The summed E-state index contributed by atoms with van der Waals surface area (Å²) in [5.41, 5.74) is -0.0465. The fourth-order valence-electron chi connectivity index (χ4n) is 1.31. The minimum atomic E-state index is -4.83. The molecule has 0 aliphatic rings. The lowest BCUT2D eigenvalue weighted by Crippen LogP contribution is -2.17. The molecule has 19 heavy (non-hydrogen) atoms. The average molecular weight is 276 g/mol. The van der Waals surface area contributed by atoms with Crippen molar-refractivity contribution in [2.75, 3.05) is 6.61 Å².